The van der Waals surface area contributed by atoms with Crippen molar-refractivity contribution in [3.05, 3.63) is 28.2 Å². The van der Waals surface area contributed by atoms with Crippen molar-refractivity contribution in [3.63, 3.8) is 0 Å². The normalized spacial score (nSPS) is 20.7. The highest BCUT2D eigenvalue weighted by atomic mass is 32.1. The first-order valence-electron chi connectivity index (χ1n) is 5.61. The number of nitrogens with one attached hydrogen (secondary N) is 1. The summed E-state index contributed by atoms with van der Waals surface area (Å²) in [6.45, 7) is 4.20. The minimum Gasteiger partial charge on any atom is -0.311 e. The van der Waals surface area contributed by atoms with E-state index in [1.54, 1.807) is 11.3 Å². The van der Waals surface area contributed by atoms with Crippen LogP contribution in [0.1, 0.15) is 29.8 Å². The molecule has 0 aromatic carbocycles. The van der Waals surface area contributed by atoms with Gasteiger partial charge in [0.2, 0.25) is 0 Å². The summed E-state index contributed by atoms with van der Waals surface area (Å²) in [5.41, 5.74) is 3.10. The quantitative estimate of drug-likeness (QED) is 0.792. The van der Waals surface area contributed by atoms with Crippen LogP contribution in [0.25, 0.3) is 0 Å². The zero-order chi connectivity index (χ0) is 10.5. The number of aryl methyl sites for hydroxylation is 1. The Kier molecular flexibility index (Phi) is 3.92. The van der Waals surface area contributed by atoms with Crippen molar-refractivity contribution in [3.8, 4) is 0 Å². The van der Waals surface area contributed by atoms with Crippen LogP contribution in [0, 0.1) is 12.8 Å². The van der Waals surface area contributed by atoms with Gasteiger partial charge in [-0.05, 0) is 38.6 Å². The van der Waals surface area contributed by atoms with Gasteiger partial charge < -0.3 is 5.32 Å². The van der Waals surface area contributed by atoms with Crippen LogP contribution in [0.2, 0.25) is 0 Å². The lowest BCUT2D eigenvalue weighted by Gasteiger charge is -2.17. The molecule has 1 atom stereocenters. The van der Waals surface area contributed by atoms with Crippen LogP contribution in [0.15, 0.2) is 17.7 Å². The van der Waals surface area contributed by atoms with Crippen LogP contribution in [0.3, 0.4) is 0 Å². The highest BCUT2D eigenvalue weighted by molar-refractivity contribution is 7.09. The van der Waals surface area contributed by atoms with E-state index in [9.17, 15) is 0 Å². The summed E-state index contributed by atoms with van der Waals surface area (Å²) in [7, 11) is 0. The van der Waals surface area contributed by atoms with Gasteiger partial charge in [0.1, 0.15) is 0 Å². The van der Waals surface area contributed by atoms with Crippen molar-refractivity contribution in [1.29, 1.82) is 0 Å². The first-order valence-corrected chi connectivity index (χ1v) is 6.49. The van der Waals surface area contributed by atoms with Gasteiger partial charge >= 0.3 is 0 Å². The molecule has 0 radical (unpaired) electrons. The Hall–Kier alpha value is -0.670. The Morgan fingerprint density at radius 1 is 1.53 bits per heavy atom. The second-order valence-electron chi connectivity index (χ2n) is 4.14. The van der Waals surface area contributed by atoms with E-state index >= 15 is 0 Å². The first kappa shape index (κ1) is 10.8. The number of thiazole rings is 1. The summed E-state index contributed by atoms with van der Waals surface area (Å²) in [5.74, 6) is 0.836. The Morgan fingerprint density at radius 2 is 2.47 bits per heavy atom. The maximum absolute atomic E-state index is 4.25. The van der Waals surface area contributed by atoms with Gasteiger partial charge in [0, 0.05) is 11.4 Å². The number of nitrogens with zero attached hydrogens (tertiary/aromatic N) is 1. The molecule has 1 aliphatic rings. The van der Waals surface area contributed by atoms with Gasteiger partial charge in [0.25, 0.3) is 0 Å². The van der Waals surface area contributed by atoms with E-state index in [0.717, 1.165) is 19.0 Å². The fraction of sp³-hybridized carbons (Fsp3) is 0.583. The molecule has 0 fully saturated rings. The van der Waals surface area contributed by atoms with Crippen molar-refractivity contribution in [2.45, 2.75) is 32.7 Å². The fourth-order valence-electron chi connectivity index (χ4n) is 1.93. The van der Waals surface area contributed by atoms with Gasteiger partial charge in [0.15, 0.2) is 0 Å². The lowest BCUT2D eigenvalue weighted by molar-refractivity contribution is 0.441. The Bertz CT molecular complexity index is 330. The maximum atomic E-state index is 4.25. The molecule has 1 N–H and O–H groups in total. The second kappa shape index (κ2) is 5.42. The number of rotatable bonds is 4. The summed E-state index contributed by atoms with van der Waals surface area (Å²) in [4.78, 5) is 5.63. The molecule has 3 heteroatoms. The van der Waals surface area contributed by atoms with Crippen LogP contribution < -0.4 is 5.32 Å². The average molecular weight is 222 g/mol. The standard InChI is InChI=1S/C12H18N2S/c1-10-12(15-9-14-10)8-13-7-11-5-3-2-4-6-11/h2-3,9,11,13H,4-8H2,1H3. The molecule has 1 unspecified atom stereocenters. The molecule has 1 aromatic rings. The molecule has 1 aliphatic carbocycles. The molecule has 15 heavy (non-hydrogen) atoms. The Morgan fingerprint density at radius 3 is 3.13 bits per heavy atom. The van der Waals surface area contributed by atoms with Crippen LogP contribution in [-0.4, -0.2) is 11.5 Å². The Balaban J connectivity index is 1.71. The third kappa shape index (κ3) is 3.14. The van der Waals surface area contributed by atoms with Crippen molar-refractivity contribution in [2.75, 3.05) is 6.54 Å². The van der Waals surface area contributed by atoms with Crippen LogP contribution >= 0.6 is 11.3 Å². The number of aromatic nitrogens is 1. The van der Waals surface area contributed by atoms with E-state index in [4.69, 9.17) is 0 Å². The van der Waals surface area contributed by atoms with Gasteiger partial charge in [-0.3, -0.25) is 0 Å². The molecular formula is C12H18N2S. The van der Waals surface area contributed by atoms with Crippen LogP contribution in [-0.2, 0) is 6.54 Å². The highest BCUT2D eigenvalue weighted by Crippen LogP contribution is 2.17. The average Bonchev–Trinajstić information content (AvgIpc) is 2.66. The van der Waals surface area contributed by atoms with E-state index in [-0.39, 0.29) is 0 Å². The van der Waals surface area contributed by atoms with Crippen LogP contribution in [0.4, 0.5) is 0 Å². The highest BCUT2D eigenvalue weighted by Gasteiger charge is 2.09. The summed E-state index contributed by atoms with van der Waals surface area (Å²) in [6.07, 6.45) is 8.45. The SMILES string of the molecule is Cc1ncsc1CNCC1CC=CCC1. The maximum Gasteiger partial charge on any atom is 0.0798 e. The first-order chi connectivity index (χ1) is 7.36. The van der Waals surface area contributed by atoms with Gasteiger partial charge in [-0.2, -0.15) is 0 Å². The molecule has 2 rings (SSSR count). The lowest BCUT2D eigenvalue weighted by Crippen LogP contribution is -2.23. The van der Waals surface area contributed by atoms with E-state index in [1.165, 1.54) is 29.8 Å². The third-order valence-electron chi connectivity index (χ3n) is 2.94. The van der Waals surface area contributed by atoms with Gasteiger partial charge in [-0.25, -0.2) is 4.98 Å². The monoisotopic (exact) mass is 222 g/mol. The van der Waals surface area contributed by atoms with Crippen molar-refractivity contribution in [2.24, 2.45) is 5.92 Å². The Labute approximate surface area is 95.4 Å². The predicted octanol–water partition coefficient (Wildman–Crippen LogP) is 2.90. The molecule has 82 valence electrons. The molecule has 0 saturated carbocycles. The summed E-state index contributed by atoms with van der Waals surface area (Å²) >= 11 is 1.75. The smallest absolute Gasteiger partial charge is 0.0798 e. The van der Waals surface area contributed by atoms with Gasteiger partial charge in [0.05, 0.1) is 11.2 Å². The van der Waals surface area contributed by atoms with E-state index in [0.29, 0.717) is 0 Å². The molecule has 0 aliphatic heterocycles. The zero-order valence-electron chi connectivity index (χ0n) is 9.20. The fourth-order valence-corrected chi connectivity index (χ4v) is 2.67. The molecule has 1 heterocycles. The third-order valence-corrected chi connectivity index (χ3v) is 3.88. The second-order valence-corrected chi connectivity index (χ2v) is 5.08. The molecule has 0 amide bonds. The molecule has 0 bridgehead atoms. The molecular weight excluding hydrogens is 204 g/mol. The largest absolute Gasteiger partial charge is 0.311 e. The topological polar surface area (TPSA) is 24.9 Å². The van der Waals surface area contributed by atoms with Crippen molar-refractivity contribution >= 4 is 11.3 Å². The number of hydrogen-bond acceptors (Lipinski definition) is 3. The molecule has 0 spiro atoms. The van der Waals surface area contributed by atoms with E-state index < -0.39 is 0 Å². The lowest BCUT2D eigenvalue weighted by atomic mass is 9.94. The number of allylic oxidation sites excluding steroid dienone is 2. The van der Waals surface area contributed by atoms with E-state index in [1.807, 2.05) is 5.51 Å². The molecule has 0 saturated heterocycles. The minimum atomic E-state index is 0.836. The van der Waals surface area contributed by atoms with Crippen molar-refractivity contribution < 1.29 is 0 Å². The van der Waals surface area contributed by atoms with Crippen molar-refractivity contribution in [1.82, 2.24) is 10.3 Å². The summed E-state index contributed by atoms with van der Waals surface area (Å²) in [5, 5.41) is 3.53. The molecule has 2 nitrogen and oxygen atoms in total. The molecule has 1 aromatic heterocycles. The zero-order valence-corrected chi connectivity index (χ0v) is 10.0. The van der Waals surface area contributed by atoms with Crippen LogP contribution in [0.5, 0.6) is 0 Å². The predicted molar refractivity (Wildman–Crippen MR) is 65.0 cm³/mol. The van der Waals surface area contributed by atoms with E-state index in [2.05, 4.69) is 29.4 Å². The van der Waals surface area contributed by atoms with Gasteiger partial charge in [-0.1, -0.05) is 12.2 Å². The summed E-state index contributed by atoms with van der Waals surface area (Å²) in [6, 6.07) is 0. The summed E-state index contributed by atoms with van der Waals surface area (Å²) < 4.78 is 0. The van der Waals surface area contributed by atoms with Gasteiger partial charge in [-0.15, -0.1) is 11.3 Å². The minimum absolute atomic E-state index is 0.836. The number of hydrogen-bond donors (Lipinski definition) is 1.